The van der Waals surface area contributed by atoms with Crippen LogP contribution in [0.5, 0.6) is 0 Å². The average molecular weight is 497 g/mol. The molecule has 2 N–H and O–H groups in total. The maximum absolute atomic E-state index is 13.6. The van der Waals surface area contributed by atoms with Crippen molar-refractivity contribution in [2.24, 2.45) is 0 Å². The molecule has 9 heteroatoms. The van der Waals surface area contributed by atoms with Crippen LogP contribution in [-0.2, 0) is 19.1 Å². The Labute approximate surface area is 208 Å². The Balaban J connectivity index is 1.29. The highest BCUT2D eigenvalue weighted by Crippen LogP contribution is 2.44. The van der Waals surface area contributed by atoms with E-state index in [1.54, 1.807) is 16.7 Å². The first-order valence-electron chi connectivity index (χ1n) is 11.8. The third-order valence-electron chi connectivity index (χ3n) is 7.01. The predicted molar refractivity (Wildman–Crippen MR) is 131 cm³/mol. The summed E-state index contributed by atoms with van der Waals surface area (Å²) in [5, 5.41) is 12.1. The Kier molecular flexibility index (Phi) is 6.71. The summed E-state index contributed by atoms with van der Waals surface area (Å²) in [6.45, 7) is 0.962. The maximum atomic E-state index is 13.6. The zero-order chi connectivity index (χ0) is 24.4. The van der Waals surface area contributed by atoms with E-state index in [2.05, 4.69) is 17.4 Å². The molecule has 0 bridgehead atoms. The number of nitrogens with one attached hydrogen (secondary N) is 1. The fourth-order valence-electron chi connectivity index (χ4n) is 5.28. The average Bonchev–Trinajstić information content (AvgIpc) is 3.46. The highest BCUT2D eigenvalue weighted by molar-refractivity contribution is 7.99. The number of carbonyl (C=O) groups is 3. The molecular weight excluding hydrogens is 468 g/mol. The van der Waals surface area contributed by atoms with Crippen LogP contribution in [0.3, 0.4) is 0 Å². The number of carbonyl (C=O) groups excluding carboxylic acids is 2. The highest BCUT2D eigenvalue weighted by atomic mass is 32.2. The van der Waals surface area contributed by atoms with Gasteiger partial charge in [0.25, 0.3) is 5.91 Å². The van der Waals surface area contributed by atoms with Crippen molar-refractivity contribution in [2.75, 3.05) is 37.9 Å². The fourth-order valence-corrected chi connectivity index (χ4v) is 6.35. The zero-order valence-corrected chi connectivity index (χ0v) is 20.1. The topological polar surface area (TPSA) is 105 Å². The van der Waals surface area contributed by atoms with Crippen LogP contribution in [0.25, 0.3) is 11.1 Å². The molecule has 2 aromatic carbocycles. The van der Waals surface area contributed by atoms with Crippen LogP contribution in [0.1, 0.15) is 29.9 Å². The van der Waals surface area contributed by atoms with Crippen molar-refractivity contribution in [1.29, 1.82) is 0 Å². The number of ether oxygens (including phenoxy) is 2. The van der Waals surface area contributed by atoms with Gasteiger partial charge in [0.2, 0.25) is 0 Å². The Morgan fingerprint density at radius 3 is 2.43 bits per heavy atom. The summed E-state index contributed by atoms with van der Waals surface area (Å²) in [5.41, 5.74) is 3.25. The van der Waals surface area contributed by atoms with Gasteiger partial charge in [0.15, 0.2) is 0 Å². The second kappa shape index (κ2) is 9.91. The van der Waals surface area contributed by atoms with Crippen molar-refractivity contribution in [3.63, 3.8) is 0 Å². The second-order valence-electron chi connectivity index (χ2n) is 9.16. The number of hydrogen-bond donors (Lipinski definition) is 2. The van der Waals surface area contributed by atoms with Crippen LogP contribution >= 0.6 is 11.8 Å². The molecule has 0 saturated carbocycles. The normalized spacial score (nSPS) is 23.4. The van der Waals surface area contributed by atoms with Gasteiger partial charge < -0.3 is 24.8 Å². The van der Waals surface area contributed by atoms with E-state index in [1.807, 2.05) is 36.4 Å². The molecule has 3 aliphatic rings. The SMILES string of the molecule is O=C(O)CC1CSCCN1C(=O)C1(NC(=O)OCC2c3ccccc3-c3ccccc32)CCOC1. The second-order valence-corrected chi connectivity index (χ2v) is 10.3. The molecule has 2 heterocycles. The largest absolute Gasteiger partial charge is 0.481 e. The predicted octanol–water partition coefficient (Wildman–Crippen LogP) is 3.10. The van der Waals surface area contributed by atoms with Crippen molar-refractivity contribution < 1.29 is 29.0 Å². The molecule has 35 heavy (non-hydrogen) atoms. The first-order chi connectivity index (χ1) is 17.0. The Morgan fingerprint density at radius 1 is 1.11 bits per heavy atom. The van der Waals surface area contributed by atoms with Crippen LogP contribution in [-0.4, -0.2) is 77.4 Å². The maximum Gasteiger partial charge on any atom is 0.408 e. The van der Waals surface area contributed by atoms with Crippen LogP contribution in [0.4, 0.5) is 4.79 Å². The van der Waals surface area contributed by atoms with Gasteiger partial charge in [-0.2, -0.15) is 11.8 Å². The first kappa shape index (κ1) is 23.7. The van der Waals surface area contributed by atoms with E-state index >= 15 is 0 Å². The third kappa shape index (κ3) is 4.62. The van der Waals surface area contributed by atoms with E-state index in [9.17, 15) is 19.5 Å². The minimum Gasteiger partial charge on any atom is -0.481 e. The molecule has 2 aromatic rings. The smallest absolute Gasteiger partial charge is 0.408 e. The number of benzene rings is 2. The van der Waals surface area contributed by atoms with Crippen LogP contribution < -0.4 is 5.32 Å². The molecule has 1 aliphatic carbocycles. The van der Waals surface area contributed by atoms with Crippen molar-refractivity contribution >= 4 is 29.7 Å². The van der Waals surface area contributed by atoms with Gasteiger partial charge >= 0.3 is 12.1 Å². The van der Waals surface area contributed by atoms with Crippen molar-refractivity contribution in [1.82, 2.24) is 10.2 Å². The number of amides is 2. The molecule has 184 valence electrons. The van der Waals surface area contributed by atoms with Gasteiger partial charge in [-0.15, -0.1) is 0 Å². The fraction of sp³-hybridized carbons (Fsp3) is 0.423. The van der Waals surface area contributed by atoms with Gasteiger partial charge in [-0.25, -0.2) is 4.79 Å². The number of carboxylic acid groups (broad SMARTS) is 1. The summed E-state index contributed by atoms with van der Waals surface area (Å²) >= 11 is 1.63. The first-order valence-corrected chi connectivity index (χ1v) is 13.0. The molecule has 2 amide bonds. The van der Waals surface area contributed by atoms with Crippen molar-refractivity contribution in [2.45, 2.75) is 30.3 Å². The molecular formula is C26H28N2O6S. The number of hydrogen-bond acceptors (Lipinski definition) is 6. The van der Waals surface area contributed by atoms with Crippen LogP contribution in [0.2, 0.25) is 0 Å². The van der Waals surface area contributed by atoms with Crippen LogP contribution in [0.15, 0.2) is 48.5 Å². The lowest BCUT2D eigenvalue weighted by atomic mass is 9.95. The monoisotopic (exact) mass is 496 g/mol. The van der Waals surface area contributed by atoms with Gasteiger partial charge in [-0.05, 0) is 22.3 Å². The standard InChI is InChI=1S/C26H28N2O6S/c29-23(30)13-17-15-35-12-10-28(17)24(31)26(9-11-33-16-26)27-25(32)34-14-22-20-7-3-1-5-18(20)19-6-2-4-8-21(19)22/h1-8,17,22H,9-16H2,(H,27,32)(H,29,30). The third-order valence-corrected chi connectivity index (χ3v) is 8.11. The molecule has 5 rings (SSSR count). The van der Waals surface area contributed by atoms with E-state index in [0.717, 1.165) is 28.0 Å². The molecule has 2 fully saturated rings. The van der Waals surface area contributed by atoms with E-state index in [-0.39, 0.29) is 31.5 Å². The summed E-state index contributed by atoms with van der Waals surface area (Å²) in [6.07, 6.45) is -0.480. The van der Waals surface area contributed by atoms with E-state index in [4.69, 9.17) is 9.47 Å². The van der Waals surface area contributed by atoms with Gasteiger partial charge in [-0.1, -0.05) is 48.5 Å². The lowest BCUT2D eigenvalue weighted by molar-refractivity contribution is -0.143. The molecule has 2 unspecified atom stereocenters. The Bertz CT molecular complexity index is 1090. The van der Waals surface area contributed by atoms with Crippen molar-refractivity contribution in [3.8, 4) is 11.1 Å². The summed E-state index contributed by atoms with van der Waals surface area (Å²) < 4.78 is 11.2. The minimum absolute atomic E-state index is 0.0411. The Hall–Kier alpha value is -3.04. The summed E-state index contributed by atoms with van der Waals surface area (Å²) in [4.78, 5) is 39.5. The lowest BCUT2D eigenvalue weighted by Crippen LogP contribution is -2.63. The van der Waals surface area contributed by atoms with E-state index in [1.165, 1.54) is 0 Å². The number of fused-ring (bicyclic) bond motifs is 3. The molecule has 0 spiro atoms. The lowest BCUT2D eigenvalue weighted by Gasteiger charge is -2.40. The number of aliphatic carboxylic acids is 1. The number of thioether (sulfide) groups is 1. The number of nitrogens with zero attached hydrogens (tertiary/aromatic N) is 1. The van der Waals surface area contributed by atoms with Gasteiger partial charge in [0.05, 0.1) is 19.1 Å². The number of alkyl carbamates (subject to hydrolysis) is 1. The summed E-state index contributed by atoms with van der Waals surface area (Å²) in [7, 11) is 0. The molecule has 2 aliphatic heterocycles. The van der Waals surface area contributed by atoms with E-state index < -0.39 is 23.6 Å². The minimum atomic E-state index is -1.25. The molecule has 8 nitrogen and oxygen atoms in total. The number of carboxylic acids is 1. The molecule has 2 saturated heterocycles. The summed E-state index contributed by atoms with van der Waals surface area (Å²) in [5.74, 6) is -0.0470. The van der Waals surface area contributed by atoms with Gasteiger partial charge in [0.1, 0.15) is 12.1 Å². The molecule has 2 atom stereocenters. The van der Waals surface area contributed by atoms with Crippen molar-refractivity contribution in [3.05, 3.63) is 59.7 Å². The Morgan fingerprint density at radius 2 is 1.80 bits per heavy atom. The quantitative estimate of drug-likeness (QED) is 0.633. The number of rotatable bonds is 6. The highest BCUT2D eigenvalue weighted by Gasteiger charge is 2.48. The van der Waals surface area contributed by atoms with Crippen LogP contribution in [0, 0.1) is 0 Å². The molecule has 0 radical (unpaired) electrons. The van der Waals surface area contributed by atoms with E-state index in [0.29, 0.717) is 25.3 Å². The molecule has 0 aromatic heterocycles. The van der Waals surface area contributed by atoms with Gasteiger partial charge in [0, 0.05) is 37.0 Å². The zero-order valence-electron chi connectivity index (χ0n) is 19.3. The van der Waals surface area contributed by atoms with Gasteiger partial charge in [-0.3, -0.25) is 9.59 Å². The summed E-state index contributed by atoms with van der Waals surface area (Å²) in [6, 6.07) is 15.8.